The van der Waals surface area contributed by atoms with E-state index in [4.69, 9.17) is 4.74 Å². The number of anilines is 1. The molecule has 1 aromatic heterocycles. The standard InChI is InChI=1S/C23H30N2O3/c1-14-7-5-10-20(11-14)28-13-18-8-6-9-19(12-18)25-23(27)22-15(2)21(17(4)26)16(3)24-22/h6,8-9,12,14,20,24H,5,7,10-11,13H2,1-4H3,(H,25,27). The lowest BCUT2D eigenvalue weighted by Gasteiger charge is -2.26. The molecule has 0 spiro atoms. The summed E-state index contributed by atoms with van der Waals surface area (Å²) in [6, 6.07) is 7.74. The number of hydrogen-bond donors (Lipinski definition) is 2. The molecule has 1 saturated carbocycles. The molecule has 5 nitrogen and oxygen atoms in total. The van der Waals surface area contributed by atoms with Crippen molar-refractivity contribution in [3.05, 3.63) is 52.3 Å². The zero-order valence-corrected chi connectivity index (χ0v) is 17.2. The predicted octanol–water partition coefficient (Wildman–Crippen LogP) is 5.18. The van der Waals surface area contributed by atoms with Gasteiger partial charge in [0.1, 0.15) is 5.69 Å². The molecule has 28 heavy (non-hydrogen) atoms. The molecule has 2 N–H and O–H groups in total. The van der Waals surface area contributed by atoms with Crippen LogP contribution in [0.15, 0.2) is 24.3 Å². The van der Waals surface area contributed by atoms with Crippen LogP contribution in [-0.2, 0) is 11.3 Å². The van der Waals surface area contributed by atoms with Crippen LogP contribution in [0.4, 0.5) is 5.69 Å². The van der Waals surface area contributed by atoms with Crippen molar-refractivity contribution >= 4 is 17.4 Å². The zero-order valence-electron chi connectivity index (χ0n) is 17.2. The molecule has 0 radical (unpaired) electrons. The highest BCUT2D eigenvalue weighted by Gasteiger charge is 2.21. The first-order valence-electron chi connectivity index (χ1n) is 10.1. The van der Waals surface area contributed by atoms with Crippen molar-refractivity contribution < 1.29 is 14.3 Å². The van der Waals surface area contributed by atoms with Crippen LogP contribution in [0.1, 0.15) is 77.2 Å². The molecule has 5 heteroatoms. The molecule has 0 aliphatic heterocycles. The van der Waals surface area contributed by atoms with Gasteiger partial charge >= 0.3 is 0 Å². The Morgan fingerprint density at radius 2 is 2.04 bits per heavy atom. The predicted molar refractivity (Wildman–Crippen MR) is 111 cm³/mol. The summed E-state index contributed by atoms with van der Waals surface area (Å²) in [4.78, 5) is 27.5. The molecule has 2 aromatic rings. The second-order valence-corrected chi connectivity index (χ2v) is 8.04. The third-order valence-corrected chi connectivity index (χ3v) is 5.58. The fourth-order valence-corrected chi connectivity index (χ4v) is 4.18. The van der Waals surface area contributed by atoms with Crippen molar-refractivity contribution in [1.82, 2.24) is 4.98 Å². The highest BCUT2D eigenvalue weighted by atomic mass is 16.5. The van der Waals surface area contributed by atoms with E-state index in [1.54, 1.807) is 6.92 Å². The van der Waals surface area contributed by atoms with Gasteiger partial charge in [-0.15, -0.1) is 0 Å². The van der Waals surface area contributed by atoms with Crippen LogP contribution in [0.2, 0.25) is 0 Å². The van der Waals surface area contributed by atoms with Crippen molar-refractivity contribution in [3.63, 3.8) is 0 Å². The number of nitrogens with one attached hydrogen (secondary N) is 2. The van der Waals surface area contributed by atoms with E-state index in [0.717, 1.165) is 35.7 Å². The normalized spacial score (nSPS) is 19.4. The number of hydrogen-bond acceptors (Lipinski definition) is 3. The number of carbonyl (C=O) groups is 2. The van der Waals surface area contributed by atoms with Gasteiger partial charge in [-0.2, -0.15) is 0 Å². The number of benzene rings is 1. The van der Waals surface area contributed by atoms with E-state index in [1.807, 2.05) is 31.2 Å². The van der Waals surface area contributed by atoms with Crippen molar-refractivity contribution in [2.24, 2.45) is 5.92 Å². The van der Waals surface area contributed by atoms with Gasteiger partial charge in [-0.1, -0.05) is 31.9 Å². The largest absolute Gasteiger partial charge is 0.374 e. The Balaban J connectivity index is 1.65. The maximum atomic E-state index is 12.7. The summed E-state index contributed by atoms with van der Waals surface area (Å²) in [5.74, 6) is 0.450. The molecular weight excluding hydrogens is 352 g/mol. The number of amides is 1. The smallest absolute Gasteiger partial charge is 0.272 e. The highest BCUT2D eigenvalue weighted by Crippen LogP contribution is 2.27. The lowest BCUT2D eigenvalue weighted by atomic mass is 9.89. The number of ketones is 1. The minimum Gasteiger partial charge on any atom is -0.374 e. The number of Topliss-reactive ketones (excluding diaryl/α,β-unsaturated/α-hetero) is 1. The third-order valence-electron chi connectivity index (χ3n) is 5.58. The van der Waals surface area contributed by atoms with Crippen LogP contribution in [0, 0.1) is 19.8 Å². The molecule has 150 valence electrons. The SMILES string of the molecule is CC(=O)c1c(C)[nH]c(C(=O)Nc2cccc(COC3CCCC(C)C3)c2)c1C. The Bertz CT molecular complexity index is 869. The number of rotatable bonds is 6. The first-order valence-corrected chi connectivity index (χ1v) is 10.1. The first-order chi connectivity index (χ1) is 13.3. The van der Waals surface area contributed by atoms with Crippen molar-refractivity contribution in [2.75, 3.05) is 5.32 Å². The monoisotopic (exact) mass is 382 g/mol. The lowest BCUT2D eigenvalue weighted by molar-refractivity contribution is 0.00468. The van der Waals surface area contributed by atoms with E-state index >= 15 is 0 Å². The summed E-state index contributed by atoms with van der Waals surface area (Å²) < 4.78 is 6.09. The minimum absolute atomic E-state index is 0.0403. The van der Waals surface area contributed by atoms with E-state index in [-0.39, 0.29) is 11.7 Å². The van der Waals surface area contributed by atoms with Crippen LogP contribution in [0.5, 0.6) is 0 Å². The van der Waals surface area contributed by atoms with Gasteiger partial charge in [-0.05, 0) is 62.8 Å². The van der Waals surface area contributed by atoms with Gasteiger partial charge in [0.05, 0.1) is 12.7 Å². The second kappa shape index (κ2) is 8.74. The van der Waals surface area contributed by atoms with Crippen LogP contribution < -0.4 is 5.32 Å². The molecule has 0 saturated heterocycles. The molecule has 3 rings (SSSR count). The van der Waals surface area contributed by atoms with E-state index in [1.165, 1.54) is 19.8 Å². The van der Waals surface area contributed by atoms with Gasteiger partial charge < -0.3 is 15.0 Å². The molecule has 1 aromatic carbocycles. The Hall–Kier alpha value is -2.40. The fraction of sp³-hybridized carbons (Fsp3) is 0.478. The third kappa shape index (κ3) is 4.71. The average Bonchev–Trinajstić information content (AvgIpc) is 2.95. The number of ether oxygens (including phenoxy) is 1. The second-order valence-electron chi connectivity index (χ2n) is 8.04. The van der Waals surface area contributed by atoms with E-state index in [2.05, 4.69) is 17.2 Å². The van der Waals surface area contributed by atoms with Gasteiger partial charge in [0.25, 0.3) is 5.91 Å². The molecule has 1 fully saturated rings. The Labute approximate surface area is 166 Å². The summed E-state index contributed by atoms with van der Waals surface area (Å²) >= 11 is 0. The van der Waals surface area contributed by atoms with Gasteiger partial charge in [-0.25, -0.2) is 0 Å². The fourth-order valence-electron chi connectivity index (χ4n) is 4.18. The molecule has 0 bridgehead atoms. The number of aromatic amines is 1. The van der Waals surface area contributed by atoms with Crippen molar-refractivity contribution in [1.29, 1.82) is 0 Å². The number of carbonyl (C=O) groups excluding carboxylic acids is 2. The molecule has 2 atom stereocenters. The zero-order chi connectivity index (χ0) is 20.3. The number of aryl methyl sites for hydroxylation is 1. The Kier molecular flexibility index (Phi) is 6.35. The number of H-pyrrole nitrogens is 1. The van der Waals surface area contributed by atoms with Gasteiger partial charge in [0, 0.05) is 16.9 Å². The minimum atomic E-state index is -0.243. The highest BCUT2D eigenvalue weighted by molar-refractivity contribution is 6.07. The molecule has 1 aliphatic rings. The van der Waals surface area contributed by atoms with E-state index < -0.39 is 0 Å². The topological polar surface area (TPSA) is 71.2 Å². The molecule has 2 unspecified atom stereocenters. The summed E-state index contributed by atoms with van der Waals surface area (Å²) in [7, 11) is 0. The molecule has 1 aliphatic carbocycles. The summed E-state index contributed by atoms with van der Waals surface area (Å²) in [5, 5.41) is 2.93. The van der Waals surface area contributed by atoms with Crippen LogP contribution in [0.25, 0.3) is 0 Å². The Morgan fingerprint density at radius 3 is 2.71 bits per heavy atom. The average molecular weight is 383 g/mol. The summed E-state index contributed by atoms with van der Waals surface area (Å²) in [6.07, 6.45) is 5.12. The molecular formula is C23H30N2O3. The maximum Gasteiger partial charge on any atom is 0.272 e. The molecule has 1 heterocycles. The van der Waals surface area contributed by atoms with Gasteiger partial charge in [-0.3, -0.25) is 9.59 Å². The lowest BCUT2D eigenvalue weighted by Crippen LogP contribution is -2.21. The van der Waals surface area contributed by atoms with Crippen LogP contribution in [-0.4, -0.2) is 22.8 Å². The summed E-state index contributed by atoms with van der Waals surface area (Å²) in [6.45, 7) is 7.96. The van der Waals surface area contributed by atoms with E-state index in [0.29, 0.717) is 29.5 Å². The van der Waals surface area contributed by atoms with E-state index in [9.17, 15) is 9.59 Å². The summed E-state index contributed by atoms with van der Waals surface area (Å²) in [5.41, 5.74) is 4.20. The van der Waals surface area contributed by atoms with Crippen LogP contribution >= 0.6 is 0 Å². The van der Waals surface area contributed by atoms with Crippen molar-refractivity contribution in [2.45, 2.75) is 66.1 Å². The van der Waals surface area contributed by atoms with Crippen molar-refractivity contribution in [3.8, 4) is 0 Å². The quantitative estimate of drug-likeness (QED) is 0.676. The number of aromatic nitrogens is 1. The first kappa shape index (κ1) is 20.3. The van der Waals surface area contributed by atoms with Crippen LogP contribution in [0.3, 0.4) is 0 Å². The van der Waals surface area contributed by atoms with Gasteiger partial charge in [0.2, 0.25) is 0 Å². The Morgan fingerprint density at radius 1 is 1.25 bits per heavy atom. The van der Waals surface area contributed by atoms with Gasteiger partial charge in [0.15, 0.2) is 5.78 Å². The molecule has 1 amide bonds. The maximum absolute atomic E-state index is 12.7.